The van der Waals surface area contributed by atoms with Crippen LogP contribution in [-0.2, 0) is 19.7 Å². The molecule has 23 heavy (non-hydrogen) atoms. The molecule has 0 bridgehead atoms. The third-order valence-corrected chi connectivity index (χ3v) is 5.08. The Labute approximate surface area is 136 Å². The fourth-order valence-electron chi connectivity index (χ4n) is 3.66. The zero-order valence-corrected chi connectivity index (χ0v) is 13.6. The predicted molar refractivity (Wildman–Crippen MR) is 87.1 cm³/mol. The zero-order chi connectivity index (χ0) is 16.3. The summed E-state index contributed by atoms with van der Waals surface area (Å²) >= 11 is 0. The lowest BCUT2D eigenvalue weighted by atomic mass is 9.72. The van der Waals surface area contributed by atoms with Gasteiger partial charge in [-0.05, 0) is 37.3 Å². The normalized spacial score (nSPS) is 23.3. The molecular formula is C18H24N2O3. The largest absolute Gasteiger partial charge is 0.381 e. The Morgan fingerprint density at radius 1 is 1.35 bits per heavy atom. The highest BCUT2D eigenvalue weighted by Gasteiger charge is 2.37. The van der Waals surface area contributed by atoms with Crippen molar-refractivity contribution in [1.29, 1.82) is 0 Å². The number of amides is 2. The van der Waals surface area contributed by atoms with Crippen LogP contribution in [0.3, 0.4) is 0 Å². The van der Waals surface area contributed by atoms with Crippen molar-refractivity contribution in [3.63, 3.8) is 0 Å². The maximum atomic E-state index is 12.3. The summed E-state index contributed by atoms with van der Waals surface area (Å²) in [6, 6.07) is 7.99. The second-order valence-electron chi connectivity index (χ2n) is 6.58. The van der Waals surface area contributed by atoms with E-state index in [1.54, 1.807) is 0 Å². The van der Waals surface area contributed by atoms with Gasteiger partial charge in [0, 0.05) is 31.6 Å². The summed E-state index contributed by atoms with van der Waals surface area (Å²) in [4.78, 5) is 23.6. The van der Waals surface area contributed by atoms with Crippen LogP contribution in [0.4, 0.5) is 0 Å². The van der Waals surface area contributed by atoms with E-state index in [1.165, 1.54) is 11.1 Å². The first-order valence-electron chi connectivity index (χ1n) is 8.32. The van der Waals surface area contributed by atoms with Crippen LogP contribution in [0, 0.1) is 6.92 Å². The molecule has 5 nitrogen and oxygen atoms in total. The molecule has 2 saturated heterocycles. The first-order valence-corrected chi connectivity index (χ1v) is 8.32. The minimum absolute atomic E-state index is 0.0372. The van der Waals surface area contributed by atoms with Gasteiger partial charge in [-0.2, -0.15) is 0 Å². The van der Waals surface area contributed by atoms with Crippen LogP contribution < -0.4 is 10.6 Å². The number of hydrogen-bond acceptors (Lipinski definition) is 3. The Morgan fingerprint density at radius 3 is 2.74 bits per heavy atom. The third-order valence-electron chi connectivity index (χ3n) is 5.08. The van der Waals surface area contributed by atoms with Gasteiger partial charge >= 0.3 is 0 Å². The van der Waals surface area contributed by atoms with E-state index in [-0.39, 0.29) is 23.3 Å². The Kier molecular flexibility index (Phi) is 4.66. The smallest absolute Gasteiger partial charge is 0.242 e. The van der Waals surface area contributed by atoms with Gasteiger partial charge in [0.25, 0.3) is 0 Å². The topological polar surface area (TPSA) is 67.4 Å². The van der Waals surface area contributed by atoms with Gasteiger partial charge in [0.15, 0.2) is 0 Å². The van der Waals surface area contributed by atoms with E-state index in [1.807, 2.05) is 6.07 Å². The summed E-state index contributed by atoms with van der Waals surface area (Å²) in [5.41, 5.74) is 2.46. The fourth-order valence-corrected chi connectivity index (χ4v) is 3.66. The molecule has 1 aromatic carbocycles. The van der Waals surface area contributed by atoms with Gasteiger partial charge in [0.2, 0.25) is 11.8 Å². The number of carbonyl (C=O) groups is 2. The summed E-state index contributed by atoms with van der Waals surface area (Å²) in [6.07, 6.45) is 2.82. The lowest BCUT2D eigenvalue weighted by Gasteiger charge is -2.39. The minimum Gasteiger partial charge on any atom is -0.381 e. The molecule has 0 aromatic heterocycles. The highest BCUT2D eigenvalue weighted by molar-refractivity contribution is 5.90. The van der Waals surface area contributed by atoms with Crippen molar-refractivity contribution in [3.05, 3.63) is 35.4 Å². The van der Waals surface area contributed by atoms with E-state index in [9.17, 15) is 9.59 Å². The summed E-state index contributed by atoms with van der Waals surface area (Å²) in [6.45, 7) is 4.13. The molecule has 1 atom stereocenters. The minimum atomic E-state index is -0.378. The first kappa shape index (κ1) is 16.0. The standard InChI is InChI=1S/C18H24N2O3/c1-13-4-2-3-5-14(13)18(8-10-23-11-9-18)12-19-17(22)15-6-7-16(21)20-15/h2-5,15H,6-12H2,1H3,(H,19,22)(H,20,21)/t15-/m1/s1. The number of benzene rings is 1. The van der Waals surface area contributed by atoms with E-state index >= 15 is 0 Å². The molecule has 0 spiro atoms. The molecule has 5 heteroatoms. The van der Waals surface area contributed by atoms with E-state index in [0.717, 1.165) is 12.8 Å². The summed E-state index contributed by atoms with van der Waals surface area (Å²) in [5, 5.41) is 5.80. The van der Waals surface area contributed by atoms with Crippen LogP contribution in [0.15, 0.2) is 24.3 Å². The number of ether oxygens (including phenoxy) is 1. The van der Waals surface area contributed by atoms with Gasteiger partial charge < -0.3 is 15.4 Å². The predicted octanol–water partition coefficient (Wildman–Crippen LogP) is 1.44. The van der Waals surface area contributed by atoms with Crippen LogP contribution in [0.25, 0.3) is 0 Å². The van der Waals surface area contributed by atoms with Crippen LogP contribution in [0.1, 0.15) is 36.8 Å². The average molecular weight is 316 g/mol. The molecule has 2 aliphatic rings. The van der Waals surface area contributed by atoms with Gasteiger partial charge in [-0.3, -0.25) is 9.59 Å². The molecule has 3 rings (SSSR count). The number of rotatable bonds is 4. The second-order valence-corrected chi connectivity index (χ2v) is 6.58. The molecule has 1 aromatic rings. The van der Waals surface area contributed by atoms with Crippen molar-refractivity contribution in [2.24, 2.45) is 0 Å². The van der Waals surface area contributed by atoms with Crippen LogP contribution in [-0.4, -0.2) is 37.6 Å². The fraction of sp³-hybridized carbons (Fsp3) is 0.556. The lowest BCUT2D eigenvalue weighted by Crippen LogP contribution is -2.49. The van der Waals surface area contributed by atoms with Gasteiger partial charge in [-0.25, -0.2) is 0 Å². The van der Waals surface area contributed by atoms with E-state index in [4.69, 9.17) is 4.74 Å². The van der Waals surface area contributed by atoms with Crippen molar-refractivity contribution in [2.75, 3.05) is 19.8 Å². The molecule has 0 saturated carbocycles. The molecule has 0 unspecified atom stereocenters. The van der Waals surface area contributed by atoms with Crippen LogP contribution >= 0.6 is 0 Å². The van der Waals surface area contributed by atoms with Gasteiger partial charge in [-0.1, -0.05) is 24.3 Å². The Morgan fingerprint density at radius 2 is 2.09 bits per heavy atom. The molecule has 2 aliphatic heterocycles. The Hall–Kier alpha value is -1.88. The van der Waals surface area contributed by atoms with Crippen LogP contribution in [0.5, 0.6) is 0 Å². The molecule has 2 heterocycles. The first-order chi connectivity index (χ1) is 11.1. The van der Waals surface area contributed by atoms with Gasteiger partial charge in [0.05, 0.1) is 0 Å². The number of aryl methyl sites for hydroxylation is 1. The summed E-state index contributed by atoms with van der Waals surface area (Å²) in [5.74, 6) is -0.111. The van der Waals surface area contributed by atoms with Crippen molar-refractivity contribution in [2.45, 2.75) is 44.1 Å². The highest BCUT2D eigenvalue weighted by atomic mass is 16.5. The SMILES string of the molecule is Cc1ccccc1C1(CNC(=O)[C@H]2CCC(=O)N2)CCOCC1. The lowest BCUT2D eigenvalue weighted by molar-refractivity contribution is -0.126. The van der Waals surface area contributed by atoms with Gasteiger partial charge in [-0.15, -0.1) is 0 Å². The van der Waals surface area contributed by atoms with E-state index in [0.29, 0.717) is 32.6 Å². The zero-order valence-electron chi connectivity index (χ0n) is 13.6. The number of hydrogen-bond donors (Lipinski definition) is 2. The van der Waals surface area contributed by atoms with Crippen molar-refractivity contribution in [3.8, 4) is 0 Å². The molecule has 2 amide bonds. The molecular weight excluding hydrogens is 292 g/mol. The monoisotopic (exact) mass is 316 g/mol. The Balaban J connectivity index is 1.74. The second kappa shape index (κ2) is 6.71. The van der Waals surface area contributed by atoms with Gasteiger partial charge in [0.1, 0.15) is 6.04 Å². The quantitative estimate of drug-likeness (QED) is 0.883. The molecule has 0 radical (unpaired) electrons. The van der Waals surface area contributed by atoms with Crippen LogP contribution in [0.2, 0.25) is 0 Å². The molecule has 0 aliphatic carbocycles. The van der Waals surface area contributed by atoms with Crippen molar-refractivity contribution < 1.29 is 14.3 Å². The molecule has 2 fully saturated rings. The maximum absolute atomic E-state index is 12.3. The van der Waals surface area contributed by atoms with Crippen molar-refractivity contribution in [1.82, 2.24) is 10.6 Å². The average Bonchev–Trinajstić information content (AvgIpc) is 3.00. The third kappa shape index (κ3) is 3.39. The summed E-state index contributed by atoms with van der Waals surface area (Å²) in [7, 11) is 0. The highest BCUT2D eigenvalue weighted by Crippen LogP contribution is 2.36. The number of carbonyl (C=O) groups excluding carboxylic acids is 2. The Bertz CT molecular complexity index is 594. The molecule has 2 N–H and O–H groups in total. The van der Waals surface area contributed by atoms with Crippen molar-refractivity contribution >= 4 is 11.8 Å². The van der Waals surface area contributed by atoms with E-state index in [2.05, 4.69) is 35.8 Å². The maximum Gasteiger partial charge on any atom is 0.242 e. The molecule has 124 valence electrons. The summed E-state index contributed by atoms with van der Waals surface area (Å²) < 4.78 is 5.54. The van der Waals surface area contributed by atoms with E-state index < -0.39 is 0 Å². The number of nitrogens with one attached hydrogen (secondary N) is 2.